The van der Waals surface area contributed by atoms with Gasteiger partial charge in [0.05, 0.1) is 24.2 Å². The summed E-state index contributed by atoms with van der Waals surface area (Å²) < 4.78 is 10.7. The third-order valence-electron chi connectivity index (χ3n) is 4.99. The quantitative estimate of drug-likeness (QED) is 0.499. The fraction of sp³-hybridized carbons (Fsp3) is 0.300. The van der Waals surface area contributed by atoms with Crippen LogP contribution in [0.25, 0.3) is 11.4 Å². The van der Waals surface area contributed by atoms with E-state index in [1.165, 1.54) is 12.1 Å². The number of hydrogen-bond donors (Lipinski definition) is 1. The summed E-state index contributed by atoms with van der Waals surface area (Å²) in [5, 5.41) is 25.1. The molecule has 1 aliphatic rings. The van der Waals surface area contributed by atoms with Crippen molar-refractivity contribution >= 4 is 5.69 Å². The molecular formula is C20H20N4O5. The Morgan fingerprint density at radius 3 is 2.62 bits per heavy atom. The van der Waals surface area contributed by atoms with Crippen LogP contribution in [0, 0.1) is 10.1 Å². The number of ether oxygens (including phenoxy) is 1. The van der Waals surface area contributed by atoms with Gasteiger partial charge in [-0.2, -0.15) is 4.98 Å². The van der Waals surface area contributed by atoms with E-state index in [2.05, 4.69) is 10.1 Å². The lowest BCUT2D eigenvalue weighted by Crippen LogP contribution is -2.24. The van der Waals surface area contributed by atoms with Crippen molar-refractivity contribution in [2.45, 2.75) is 25.1 Å². The van der Waals surface area contributed by atoms with E-state index in [1.54, 1.807) is 19.2 Å². The molecule has 1 aromatic heterocycles. The first-order chi connectivity index (χ1) is 14.0. The number of nitro groups is 1. The van der Waals surface area contributed by atoms with Crippen molar-refractivity contribution in [3.63, 3.8) is 0 Å². The summed E-state index contributed by atoms with van der Waals surface area (Å²) in [6, 6.07) is 13.5. The number of nitro benzene ring substituents is 1. The maximum Gasteiger partial charge on any atom is 0.269 e. The van der Waals surface area contributed by atoms with E-state index in [9.17, 15) is 15.2 Å². The highest BCUT2D eigenvalue weighted by Crippen LogP contribution is 2.34. The molecule has 0 amide bonds. The molecule has 3 aromatic rings. The second kappa shape index (κ2) is 7.98. The summed E-state index contributed by atoms with van der Waals surface area (Å²) in [6.45, 7) is 0.974. The minimum Gasteiger partial charge on any atom is -0.497 e. The van der Waals surface area contributed by atoms with Crippen molar-refractivity contribution in [3.05, 3.63) is 70.1 Å². The lowest BCUT2D eigenvalue weighted by molar-refractivity contribution is -0.384. The lowest BCUT2D eigenvalue weighted by Gasteiger charge is -2.21. The van der Waals surface area contributed by atoms with Crippen molar-refractivity contribution in [2.24, 2.45) is 0 Å². The normalized spacial score (nSPS) is 19.4. The molecule has 0 unspecified atom stereocenters. The van der Waals surface area contributed by atoms with E-state index in [1.807, 2.05) is 29.2 Å². The van der Waals surface area contributed by atoms with Crippen LogP contribution in [0.15, 0.2) is 53.1 Å². The third-order valence-corrected chi connectivity index (χ3v) is 4.99. The zero-order valence-electron chi connectivity index (χ0n) is 15.8. The highest BCUT2D eigenvalue weighted by atomic mass is 16.6. The summed E-state index contributed by atoms with van der Waals surface area (Å²) in [7, 11) is 1.60. The molecule has 1 aliphatic heterocycles. The minimum absolute atomic E-state index is 0.0489. The Balaban J connectivity index is 1.52. The van der Waals surface area contributed by atoms with Gasteiger partial charge in [-0.1, -0.05) is 17.3 Å². The molecule has 9 heteroatoms. The van der Waals surface area contributed by atoms with Gasteiger partial charge in [-0.15, -0.1) is 0 Å². The maximum absolute atomic E-state index is 10.8. The van der Waals surface area contributed by atoms with Crippen molar-refractivity contribution < 1.29 is 19.3 Å². The first-order valence-electron chi connectivity index (χ1n) is 9.17. The summed E-state index contributed by atoms with van der Waals surface area (Å²) in [6.07, 6.45) is -0.0218. The van der Waals surface area contributed by atoms with Crippen LogP contribution in [0.5, 0.6) is 5.75 Å². The number of aliphatic hydroxyl groups is 1. The van der Waals surface area contributed by atoms with Crippen LogP contribution in [0.1, 0.15) is 23.9 Å². The standard InChI is InChI=1S/C20H20N4O5/c1-28-17-8-4-14(5-9-17)19-21-20(29-22-19)18-10-16(25)12-23(18)11-13-2-6-15(7-3-13)24(26)27/h2-9,16,18,25H,10-12H2,1H3/t16-,18+/m1/s1. The van der Waals surface area contributed by atoms with Crippen molar-refractivity contribution in [1.82, 2.24) is 15.0 Å². The van der Waals surface area contributed by atoms with Crippen LogP contribution in [0.2, 0.25) is 0 Å². The van der Waals surface area contributed by atoms with Crippen molar-refractivity contribution in [1.29, 1.82) is 0 Å². The molecule has 4 rings (SSSR count). The van der Waals surface area contributed by atoms with Crippen LogP contribution in [0.4, 0.5) is 5.69 Å². The Labute approximate surface area is 166 Å². The number of nitrogens with zero attached hydrogens (tertiary/aromatic N) is 4. The molecule has 0 aliphatic carbocycles. The zero-order valence-corrected chi connectivity index (χ0v) is 15.8. The Morgan fingerprint density at radius 1 is 1.24 bits per heavy atom. The molecule has 2 atom stereocenters. The average molecular weight is 396 g/mol. The number of rotatable bonds is 6. The van der Waals surface area contributed by atoms with Gasteiger partial charge in [0.15, 0.2) is 0 Å². The Kier molecular flexibility index (Phi) is 5.24. The molecule has 1 N–H and O–H groups in total. The van der Waals surface area contributed by atoms with Gasteiger partial charge in [-0.05, 0) is 36.2 Å². The monoisotopic (exact) mass is 396 g/mol. The van der Waals surface area contributed by atoms with E-state index in [0.29, 0.717) is 31.2 Å². The molecule has 2 aromatic carbocycles. The molecular weight excluding hydrogens is 376 g/mol. The number of hydrogen-bond acceptors (Lipinski definition) is 8. The number of aromatic nitrogens is 2. The van der Waals surface area contributed by atoms with E-state index in [0.717, 1.165) is 16.9 Å². The predicted molar refractivity (Wildman–Crippen MR) is 103 cm³/mol. The second-order valence-corrected chi connectivity index (χ2v) is 6.94. The van der Waals surface area contributed by atoms with E-state index in [-0.39, 0.29) is 11.7 Å². The molecule has 2 heterocycles. The van der Waals surface area contributed by atoms with Crippen molar-refractivity contribution in [3.8, 4) is 17.1 Å². The van der Waals surface area contributed by atoms with Gasteiger partial charge < -0.3 is 14.4 Å². The van der Waals surface area contributed by atoms with Crippen LogP contribution in [-0.2, 0) is 6.54 Å². The SMILES string of the molecule is COc1ccc(-c2noc([C@@H]3C[C@@H](O)CN3Cc3ccc([N+](=O)[O-])cc3)n2)cc1. The number of likely N-dealkylation sites (tertiary alicyclic amines) is 1. The number of aliphatic hydroxyl groups excluding tert-OH is 1. The van der Waals surface area contributed by atoms with Gasteiger partial charge in [0.25, 0.3) is 5.69 Å². The summed E-state index contributed by atoms with van der Waals surface area (Å²) in [5.41, 5.74) is 1.76. The number of non-ortho nitro benzene ring substituents is 1. The van der Waals surface area contributed by atoms with Crippen LogP contribution < -0.4 is 4.74 Å². The first-order valence-corrected chi connectivity index (χ1v) is 9.17. The summed E-state index contributed by atoms with van der Waals surface area (Å²) >= 11 is 0. The smallest absolute Gasteiger partial charge is 0.269 e. The summed E-state index contributed by atoms with van der Waals surface area (Å²) in [4.78, 5) is 17.0. The maximum atomic E-state index is 10.8. The van der Waals surface area contributed by atoms with Crippen LogP contribution in [-0.4, -0.2) is 44.8 Å². The third kappa shape index (κ3) is 4.10. The molecule has 0 radical (unpaired) electrons. The van der Waals surface area contributed by atoms with Gasteiger partial charge >= 0.3 is 0 Å². The number of benzene rings is 2. The Morgan fingerprint density at radius 2 is 1.97 bits per heavy atom. The molecule has 0 saturated carbocycles. The molecule has 1 fully saturated rings. The fourth-order valence-corrected chi connectivity index (χ4v) is 3.50. The minimum atomic E-state index is -0.505. The van der Waals surface area contributed by atoms with E-state index in [4.69, 9.17) is 9.26 Å². The van der Waals surface area contributed by atoms with Crippen molar-refractivity contribution in [2.75, 3.05) is 13.7 Å². The molecule has 29 heavy (non-hydrogen) atoms. The fourth-order valence-electron chi connectivity index (χ4n) is 3.50. The molecule has 0 bridgehead atoms. The van der Waals surface area contributed by atoms with E-state index >= 15 is 0 Å². The Hall–Kier alpha value is -3.30. The zero-order chi connectivity index (χ0) is 20.4. The Bertz CT molecular complexity index is 987. The highest BCUT2D eigenvalue weighted by Gasteiger charge is 2.36. The van der Waals surface area contributed by atoms with Crippen LogP contribution >= 0.6 is 0 Å². The van der Waals surface area contributed by atoms with Crippen LogP contribution in [0.3, 0.4) is 0 Å². The lowest BCUT2D eigenvalue weighted by atomic mass is 10.1. The van der Waals surface area contributed by atoms with E-state index < -0.39 is 11.0 Å². The second-order valence-electron chi connectivity index (χ2n) is 6.94. The average Bonchev–Trinajstić information content (AvgIpc) is 3.35. The van der Waals surface area contributed by atoms with Gasteiger partial charge in [0.1, 0.15) is 5.75 Å². The van der Waals surface area contributed by atoms with Gasteiger partial charge in [0.2, 0.25) is 11.7 Å². The molecule has 150 valence electrons. The predicted octanol–water partition coefficient (Wildman–Crippen LogP) is 2.96. The molecule has 9 nitrogen and oxygen atoms in total. The largest absolute Gasteiger partial charge is 0.497 e. The highest BCUT2D eigenvalue weighted by molar-refractivity contribution is 5.55. The van der Waals surface area contributed by atoms with Gasteiger partial charge in [0, 0.05) is 30.8 Å². The number of β-amino-alcohol motifs (C(OH)–C–C–N with tert-alkyl or cyclic N) is 1. The molecule has 0 spiro atoms. The van der Waals surface area contributed by atoms with Gasteiger partial charge in [-0.3, -0.25) is 15.0 Å². The van der Waals surface area contributed by atoms with Gasteiger partial charge in [-0.25, -0.2) is 0 Å². The topological polar surface area (TPSA) is 115 Å². The molecule has 1 saturated heterocycles. The summed E-state index contributed by atoms with van der Waals surface area (Å²) in [5.74, 6) is 1.65. The first kappa shape index (κ1) is 19.0. The number of methoxy groups -OCH3 is 1.